The largest absolute Gasteiger partial charge is 0.0713 e. The van der Waals surface area contributed by atoms with E-state index in [-0.39, 0.29) is 5.41 Å². The Morgan fingerprint density at radius 1 is 0.239 bits per heavy atom. The number of hydrogen-bond acceptors (Lipinski definition) is 0. The van der Waals surface area contributed by atoms with Crippen LogP contribution >= 0.6 is 0 Å². The first-order valence-electron chi connectivity index (χ1n) is 23.7. The number of benzene rings is 11. The molecule has 0 aliphatic heterocycles. The third-order valence-electron chi connectivity index (χ3n) is 16.0. The van der Waals surface area contributed by atoms with Gasteiger partial charge in [-0.25, -0.2) is 0 Å². The van der Waals surface area contributed by atoms with E-state index in [0.29, 0.717) is 0 Å². The first-order chi connectivity index (χ1) is 33.0. The molecule has 0 amide bonds. The summed E-state index contributed by atoms with van der Waals surface area (Å²) in [4.78, 5) is 0. The van der Waals surface area contributed by atoms with E-state index in [4.69, 9.17) is 0 Å². The van der Waals surface area contributed by atoms with Crippen molar-refractivity contribution in [3.8, 4) is 44.5 Å². The first-order valence-corrected chi connectivity index (χ1v) is 23.7. The third kappa shape index (κ3) is 5.08. The molecule has 0 heterocycles. The minimum absolute atomic E-state index is 0.0964. The van der Waals surface area contributed by atoms with Gasteiger partial charge < -0.3 is 0 Å². The molecular formula is C67H46. The second-order valence-electron chi connectivity index (χ2n) is 19.5. The molecule has 3 aliphatic rings. The minimum Gasteiger partial charge on any atom is -0.0622 e. The van der Waals surface area contributed by atoms with Crippen molar-refractivity contribution < 1.29 is 0 Å². The molecule has 0 heteroatoms. The minimum atomic E-state index is -0.570. The second kappa shape index (κ2) is 14.0. The Morgan fingerprint density at radius 2 is 0.612 bits per heavy atom. The van der Waals surface area contributed by atoms with E-state index in [0.717, 1.165) is 0 Å². The van der Waals surface area contributed by atoms with Crippen molar-refractivity contribution in [3.05, 3.63) is 298 Å². The SMILES string of the molecule is CC1(C)c2cccc3ccc4cc(-c5ccc6c(c5)C(c5ccccc5)(c5ccccc5)c5cc(-c7ccc8c(c7)C(c7ccccc7)(c7ccccc7)c7ccccc7-8)ccc5-6)cc1c4c23. The lowest BCUT2D eigenvalue weighted by molar-refractivity contribution is 0.663. The molecule has 0 N–H and O–H groups in total. The molecule has 0 saturated carbocycles. The third-order valence-corrected chi connectivity index (χ3v) is 16.0. The molecule has 0 nitrogen and oxygen atoms in total. The van der Waals surface area contributed by atoms with Crippen LogP contribution in [0.25, 0.3) is 66.1 Å². The van der Waals surface area contributed by atoms with E-state index in [1.54, 1.807) is 0 Å². The highest BCUT2D eigenvalue weighted by Gasteiger charge is 2.48. The fraction of sp³-hybridized carbons (Fsp3) is 0.0746. The van der Waals surface area contributed by atoms with Gasteiger partial charge in [-0.3, -0.25) is 0 Å². The smallest absolute Gasteiger partial charge is 0.0622 e. The summed E-state index contributed by atoms with van der Waals surface area (Å²) in [6.07, 6.45) is 0. The molecule has 67 heavy (non-hydrogen) atoms. The van der Waals surface area contributed by atoms with E-state index < -0.39 is 10.8 Å². The van der Waals surface area contributed by atoms with E-state index in [2.05, 4.69) is 257 Å². The Hall–Kier alpha value is -8.06. The van der Waals surface area contributed by atoms with Crippen LogP contribution in [0.15, 0.2) is 243 Å². The van der Waals surface area contributed by atoms with Crippen molar-refractivity contribution in [2.75, 3.05) is 0 Å². The summed E-state index contributed by atoms with van der Waals surface area (Å²) in [5.74, 6) is 0. The molecule has 3 aliphatic carbocycles. The molecule has 0 fully saturated rings. The lowest BCUT2D eigenvalue weighted by atomic mass is 9.66. The van der Waals surface area contributed by atoms with Crippen molar-refractivity contribution in [2.24, 2.45) is 0 Å². The van der Waals surface area contributed by atoms with E-state index >= 15 is 0 Å². The lowest BCUT2D eigenvalue weighted by Gasteiger charge is -2.34. The quantitative estimate of drug-likeness (QED) is 0.146. The van der Waals surface area contributed by atoms with Crippen LogP contribution in [0.4, 0.5) is 0 Å². The summed E-state index contributed by atoms with van der Waals surface area (Å²) < 4.78 is 0. The molecule has 0 radical (unpaired) electrons. The second-order valence-corrected chi connectivity index (χ2v) is 19.5. The Morgan fingerprint density at radius 3 is 1.12 bits per heavy atom. The number of fused-ring (bicyclic) bond motifs is 6. The van der Waals surface area contributed by atoms with E-state index in [1.165, 1.54) is 122 Å². The van der Waals surface area contributed by atoms with E-state index in [9.17, 15) is 0 Å². The van der Waals surface area contributed by atoms with Gasteiger partial charge in [0.05, 0.1) is 10.8 Å². The summed E-state index contributed by atoms with van der Waals surface area (Å²) in [5.41, 5.74) is 22.1. The summed E-state index contributed by atoms with van der Waals surface area (Å²) in [5, 5.41) is 5.46. The topological polar surface area (TPSA) is 0 Å². The van der Waals surface area contributed by atoms with Gasteiger partial charge in [-0.1, -0.05) is 226 Å². The number of rotatable bonds is 6. The maximum atomic E-state index is 2.53. The van der Waals surface area contributed by atoms with Gasteiger partial charge in [0.1, 0.15) is 0 Å². The summed E-state index contributed by atoms with van der Waals surface area (Å²) in [7, 11) is 0. The molecule has 11 aromatic rings. The van der Waals surface area contributed by atoms with Crippen molar-refractivity contribution in [2.45, 2.75) is 30.1 Å². The van der Waals surface area contributed by atoms with Gasteiger partial charge in [0.25, 0.3) is 0 Å². The molecule has 0 aromatic heterocycles. The van der Waals surface area contributed by atoms with Crippen molar-refractivity contribution >= 4 is 21.5 Å². The lowest BCUT2D eigenvalue weighted by Crippen LogP contribution is -2.28. The Balaban J connectivity index is 0.994. The molecule has 0 atom stereocenters. The fourth-order valence-electron chi connectivity index (χ4n) is 13.0. The van der Waals surface area contributed by atoms with Crippen LogP contribution in [0.2, 0.25) is 0 Å². The van der Waals surface area contributed by atoms with Gasteiger partial charge in [0.15, 0.2) is 0 Å². The van der Waals surface area contributed by atoms with Crippen LogP contribution in [-0.2, 0) is 16.2 Å². The van der Waals surface area contributed by atoms with Gasteiger partial charge in [-0.2, -0.15) is 0 Å². The zero-order valence-corrected chi connectivity index (χ0v) is 37.6. The molecule has 11 aromatic carbocycles. The molecule has 0 saturated heterocycles. The zero-order valence-electron chi connectivity index (χ0n) is 37.6. The van der Waals surface area contributed by atoms with Gasteiger partial charge in [0, 0.05) is 5.41 Å². The summed E-state index contributed by atoms with van der Waals surface area (Å²) >= 11 is 0. The van der Waals surface area contributed by atoms with Crippen molar-refractivity contribution in [3.63, 3.8) is 0 Å². The van der Waals surface area contributed by atoms with Crippen molar-refractivity contribution in [1.29, 1.82) is 0 Å². The predicted octanol–water partition coefficient (Wildman–Crippen LogP) is 16.7. The monoisotopic (exact) mass is 850 g/mol. The zero-order chi connectivity index (χ0) is 44.5. The average molecular weight is 851 g/mol. The maximum Gasteiger partial charge on any atom is 0.0713 e. The fourth-order valence-corrected chi connectivity index (χ4v) is 13.0. The highest BCUT2D eigenvalue weighted by atomic mass is 14.5. The van der Waals surface area contributed by atoms with Crippen LogP contribution in [0.1, 0.15) is 69.5 Å². The van der Waals surface area contributed by atoms with Crippen LogP contribution in [0, 0.1) is 0 Å². The first kappa shape index (κ1) is 38.2. The number of hydrogen-bond donors (Lipinski definition) is 0. The van der Waals surface area contributed by atoms with Crippen LogP contribution in [0.5, 0.6) is 0 Å². The molecule has 14 rings (SSSR count). The molecule has 0 spiro atoms. The van der Waals surface area contributed by atoms with Gasteiger partial charge in [0.2, 0.25) is 0 Å². The molecule has 0 unspecified atom stereocenters. The van der Waals surface area contributed by atoms with Crippen LogP contribution < -0.4 is 0 Å². The molecular weight excluding hydrogens is 805 g/mol. The average Bonchev–Trinajstić information content (AvgIpc) is 3.95. The molecule has 314 valence electrons. The van der Waals surface area contributed by atoms with Crippen LogP contribution in [-0.4, -0.2) is 0 Å². The van der Waals surface area contributed by atoms with Crippen molar-refractivity contribution in [1.82, 2.24) is 0 Å². The van der Waals surface area contributed by atoms with Gasteiger partial charge in [-0.15, -0.1) is 0 Å². The van der Waals surface area contributed by atoms with E-state index in [1.807, 2.05) is 0 Å². The molecule has 0 bridgehead atoms. The van der Waals surface area contributed by atoms with Gasteiger partial charge in [-0.05, 0) is 152 Å². The Bertz CT molecular complexity index is 3720. The normalized spacial score (nSPS) is 15.1. The predicted molar refractivity (Wildman–Crippen MR) is 279 cm³/mol. The highest BCUT2D eigenvalue weighted by molar-refractivity contribution is 6.15. The Kier molecular flexibility index (Phi) is 7.97. The Labute approximate surface area is 392 Å². The standard InChI is InChI=1S/C67H46/c1-65(2)58-29-17-18-43-30-31-47-38-48(42-62(65)64(47)63(43)58)46-34-37-56-55-36-33-45(40-60(55)67(61(56)41-46,51-23-11-5-12-24-51)52-25-13-6-14-26-52)44-32-35-54-53-27-15-16-28-57(53)66(59(54)39-44,49-19-7-3-8-20-49)50-21-9-4-10-22-50/h3-42H,1-2H3. The summed E-state index contributed by atoms with van der Waals surface area (Å²) in [6.45, 7) is 4.80. The maximum absolute atomic E-state index is 2.53. The van der Waals surface area contributed by atoms with Gasteiger partial charge >= 0.3 is 0 Å². The summed E-state index contributed by atoms with van der Waals surface area (Å²) in [6, 6.07) is 92.0. The van der Waals surface area contributed by atoms with Crippen LogP contribution in [0.3, 0.4) is 0 Å². The highest BCUT2D eigenvalue weighted by Crippen LogP contribution is 2.60.